The van der Waals surface area contributed by atoms with E-state index in [0.29, 0.717) is 0 Å². The molecule has 0 atom stereocenters. The molecule has 2 heteroatoms. The van der Waals surface area contributed by atoms with Crippen molar-refractivity contribution < 1.29 is 4.39 Å². The number of aryl methyl sites for hydroxylation is 2. The van der Waals surface area contributed by atoms with Gasteiger partial charge in [0.2, 0.25) is 0 Å². The summed E-state index contributed by atoms with van der Waals surface area (Å²) in [5.74, 6) is -0.0764. The fourth-order valence-corrected chi connectivity index (χ4v) is 1.40. The van der Waals surface area contributed by atoms with E-state index in [9.17, 15) is 4.39 Å². The molecule has 0 spiro atoms. The van der Waals surface area contributed by atoms with Crippen LogP contribution in [0.4, 0.5) is 4.39 Å². The highest BCUT2D eigenvalue weighted by molar-refractivity contribution is 7.11. The van der Waals surface area contributed by atoms with Crippen molar-refractivity contribution in [1.82, 2.24) is 0 Å². The minimum absolute atomic E-state index is 0.0764. The third kappa shape index (κ3) is 0.892. The van der Waals surface area contributed by atoms with Gasteiger partial charge in [-0.25, -0.2) is 4.39 Å². The van der Waals surface area contributed by atoms with Gasteiger partial charge in [0.05, 0.1) is 0 Å². The topological polar surface area (TPSA) is 0 Å². The zero-order valence-corrected chi connectivity index (χ0v) is 5.68. The van der Waals surface area contributed by atoms with Crippen molar-refractivity contribution in [3.05, 3.63) is 21.6 Å². The fourth-order valence-electron chi connectivity index (χ4n) is 0.600. The van der Waals surface area contributed by atoms with Crippen LogP contribution in [-0.4, -0.2) is 0 Å². The van der Waals surface area contributed by atoms with Crippen molar-refractivity contribution in [3.8, 4) is 0 Å². The number of hydrogen-bond donors (Lipinski definition) is 0. The van der Waals surface area contributed by atoms with Crippen LogP contribution in [0.5, 0.6) is 0 Å². The van der Waals surface area contributed by atoms with Gasteiger partial charge in [0, 0.05) is 9.75 Å². The van der Waals surface area contributed by atoms with Gasteiger partial charge in [0.15, 0.2) is 0 Å². The molecule has 1 rings (SSSR count). The first-order valence-corrected chi connectivity index (χ1v) is 3.24. The predicted octanol–water partition coefficient (Wildman–Crippen LogP) is 2.50. The molecule has 0 aliphatic rings. The molecule has 8 heavy (non-hydrogen) atoms. The monoisotopic (exact) mass is 130 g/mol. The van der Waals surface area contributed by atoms with E-state index in [1.54, 1.807) is 13.0 Å². The van der Waals surface area contributed by atoms with Crippen LogP contribution in [0.1, 0.15) is 9.75 Å². The summed E-state index contributed by atoms with van der Waals surface area (Å²) in [4.78, 5) is 1.82. The number of thiophene rings is 1. The molecule has 0 saturated heterocycles. The molecule has 0 aliphatic heterocycles. The van der Waals surface area contributed by atoms with Gasteiger partial charge in [-0.1, -0.05) is 0 Å². The van der Waals surface area contributed by atoms with E-state index in [1.807, 2.05) is 6.92 Å². The van der Waals surface area contributed by atoms with Gasteiger partial charge in [-0.15, -0.1) is 11.3 Å². The Balaban J connectivity index is 3.14. The molecule has 1 aromatic rings. The first kappa shape index (κ1) is 5.76. The third-order valence-corrected chi connectivity index (χ3v) is 1.92. The fraction of sp³-hybridized carbons (Fsp3) is 0.333. The first-order chi connectivity index (χ1) is 3.70. The highest BCUT2D eigenvalue weighted by Gasteiger charge is 1.97. The standard InChI is InChI=1S/C6H7FS/c1-4-3-6(7)5(2)8-4/h3H,1-2H3. The largest absolute Gasteiger partial charge is 0.206 e. The van der Waals surface area contributed by atoms with E-state index in [1.165, 1.54) is 11.3 Å². The van der Waals surface area contributed by atoms with Crippen molar-refractivity contribution in [2.45, 2.75) is 13.8 Å². The zero-order chi connectivity index (χ0) is 6.15. The van der Waals surface area contributed by atoms with Crippen LogP contribution in [0.2, 0.25) is 0 Å². The highest BCUT2D eigenvalue weighted by atomic mass is 32.1. The maximum Gasteiger partial charge on any atom is 0.137 e. The lowest BCUT2D eigenvalue weighted by Gasteiger charge is -1.75. The summed E-state index contributed by atoms with van der Waals surface area (Å²) in [5.41, 5.74) is 0. The minimum Gasteiger partial charge on any atom is -0.206 e. The van der Waals surface area contributed by atoms with Gasteiger partial charge >= 0.3 is 0 Å². The van der Waals surface area contributed by atoms with Crippen LogP contribution in [0.3, 0.4) is 0 Å². The molecular formula is C6H7FS. The average molecular weight is 130 g/mol. The lowest BCUT2D eigenvalue weighted by Crippen LogP contribution is -1.63. The van der Waals surface area contributed by atoms with E-state index in [2.05, 4.69) is 0 Å². The summed E-state index contributed by atoms with van der Waals surface area (Å²) in [6.45, 7) is 3.69. The van der Waals surface area contributed by atoms with Gasteiger partial charge in [-0.2, -0.15) is 0 Å². The van der Waals surface area contributed by atoms with Crippen LogP contribution in [0.15, 0.2) is 6.07 Å². The van der Waals surface area contributed by atoms with E-state index in [0.717, 1.165) is 9.75 Å². The normalized spacial score (nSPS) is 9.88. The molecule has 0 amide bonds. The Labute approximate surface area is 52.0 Å². The molecule has 0 radical (unpaired) electrons. The second-order valence-electron chi connectivity index (χ2n) is 1.76. The molecule has 0 N–H and O–H groups in total. The summed E-state index contributed by atoms with van der Waals surface area (Å²) < 4.78 is 12.3. The lowest BCUT2D eigenvalue weighted by atomic mass is 10.4. The van der Waals surface area contributed by atoms with Crippen LogP contribution < -0.4 is 0 Å². The summed E-state index contributed by atoms with van der Waals surface area (Å²) in [6, 6.07) is 1.56. The molecule has 0 aromatic carbocycles. The van der Waals surface area contributed by atoms with Crippen molar-refractivity contribution in [1.29, 1.82) is 0 Å². The van der Waals surface area contributed by atoms with Gasteiger partial charge < -0.3 is 0 Å². The minimum atomic E-state index is -0.0764. The Morgan fingerprint density at radius 1 is 1.50 bits per heavy atom. The zero-order valence-electron chi connectivity index (χ0n) is 4.86. The first-order valence-electron chi connectivity index (χ1n) is 2.42. The predicted molar refractivity (Wildman–Crippen MR) is 33.8 cm³/mol. The molecule has 44 valence electrons. The summed E-state index contributed by atoms with van der Waals surface area (Å²) in [5, 5.41) is 0. The van der Waals surface area contributed by atoms with Crippen LogP contribution in [-0.2, 0) is 0 Å². The summed E-state index contributed by atoms with van der Waals surface area (Å²) in [7, 11) is 0. The van der Waals surface area contributed by atoms with Gasteiger partial charge in [0.1, 0.15) is 5.82 Å². The Morgan fingerprint density at radius 2 is 2.12 bits per heavy atom. The maximum atomic E-state index is 12.3. The molecule has 1 heterocycles. The Morgan fingerprint density at radius 3 is 2.25 bits per heavy atom. The smallest absolute Gasteiger partial charge is 0.137 e. The van der Waals surface area contributed by atoms with Crippen molar-refractivity contribution in [3.63, 3.8) is 0 Å². The highest BCUT2D eigenvalue weighted by Crippen LogP contribution is 2.17. The van der Waals surface area contributed by atoms with Crippen LogP contribution in [0, 0.1) is 19.7 Å². The van der Waals surface area contributed by atoms with E-state index in [-0.39, 0.29) is 5.82 Å². The Kier molecular flexibility index (Phi) is 1.34. The van der Waals surface area contributed by atoms with Crippen molar-refractivity contribution in [2.75, 3.05) is 0 Å². The summed E-state index contributed by atoms with van der Waals surface area (Å²) >= 11 is 1.49. The second kappa shape index (κ2) is 1.86. The van der Waals surface area contributed by atoms with Crippen LogP contribution >= 0.6 is 11.3 Å². The molecule has 0 saturated carbocycles. The molecular weight excluding hydrogens is 123 g/mol. The van der Waals surface area contributed by atoms with Crippen molar-refractivity contribution in [2.24, 2.45) is 0 Å². The molecule has 0 aliphatic carbocycles. The van der Waals surface area contributed by atoms with E-state index < -0.39 is 0 Å². The number of rotatable bonds is 0. The van der Waals surface area contributed by atoms with Gasteiger partial charge in [-0.05, 0) is 19.9 Å². The number of hydrogen-bond acceptors (Lipinski definition) is 1. The maximum absolute atomic E-state index is 12.3. The van der Waals surface area contributed by atoms with Crippen LogP contribution in [0.25, 0.3) is 0 Å². The molecule has 0 bridgehead atoms. The second-order valence-corrected chi connectivity index (χ2v) is 3.22. The SMILES string of the molecule is Cc1cc(F)c(C)s1. The molecule has 0 fully saturated rings. The molecule has 0 nitrogen and oxygen atoms in total. The Bertz CT molecular complexity index is 171. The quantitative estimate of drug-likeness (QED) is 0.506. The Hall–Kier alpha value is -0.370. The van der Waals surface area contributed by atoms with Gasteiger partial charge in [-0.3, -0.25) is 0 Å². The molecule has 1 aromatic heterocycles. The number of halogens is 1. The molecule has 0 unspecified atom stereocenters. The van der Waals surface area contributed by atoms with Crippen molar-refractivity contribution >= 4 is 11.3 Å². The summed E-state index contributed by atoms with van der Waals surface area (Å²) in [6.07, 6.45) is 0. The van der Waals surface area contributed by atoms with E-state index >= 15 is 0 Å². The average Bonchev–Trinajstić information content (AvgIpc) is 1.85. The third-order valence-electron chi connectivity index (χ3n) is 0.980. The lowest BCUT2D eigenvalue weighted by molar-refractivity contribution is 0.625. The van der Waals surface area contributed by atoms with Gasteiger partial charge in [0.25, 0.3) is 0 Å². The van der Waals surface area contributed by atoms with E-state index in [4.69, 9.17) is 0 Å².